The third-order valence-electron chi connectivity index (χ3n) is 4.18. The number of anilines is 2. The molecule has 0 saturated heterocycles. The van der Waals surface area contributed by atoms with Gasteiger partial charge < -0.3 is 10.3 Å². The SMILES string of the molecule is CSc1[nH]c(=O)c(C2=C(F)CCC(Cl)=C2)cc1Nc1ncnc2[nH]ncc12. The monoisotopic (exact) mass is 404 g/mol. The van der Waals surface area contributed by atoms with Crippen molar-refractivity contribution in [3.63, 3.8) is 0 Å². The van der Waals surface area contributed by atoms with Crippen molar-refractivity contribution in [1.82, 2.24) is 25.1 Å². The van der Waals surface area contributed by atoms with Gasteiger partial charge in [-0.05, 0) is 24.8 Å². The van der Waals surface area contributed by atoms with Gasteiger partial charge >= 0.3 is 0 Å². The first-order valence-electron chi connectivity index (χ1n) is 8.04. The molecule has 0 unspecified atom stereocenters. The van der Waals surface area contributed by atoms with E-state index in [1.54, 1.807) is 12.3 Å². The Hall–Kier alpha value is -2.65. The first kappa shape index (κ1) is 17.7. The summed E-state index contributed by atoms with van der Waals surface area (Å²) >= 11 is 7.42. The molecule has 0 fully saturated rings. The van der Waals surface area contributed by atoms with E-state index in [0.29, 0.717) is 39.0 Å². The molecule has 0 bridgehead atoms. The lowest BCUT2D eigenvalue weighted by atomic mass is 9.99. The quantitative estimate of drug-likeness (QED) is 0.566. The fourth-order valence-electron chi connectivity index (χ4n) is 2.85. The Morgan fingerprint density at radius 3 is 3.00 bits per heavy atom. The lowest BCUT2D eigenvalue weighted by Crippen LogP contribution is -2.15. The molecule has 0 spiro atoms. The third-order valence-corrected chi connectivity index (χ3v) is 5.21. The Labute approximate surface area is 162 Å². The largest absolute Gasteiger partial charge is 0.337 e. The highest BCUT2D eigenvalue weighted by Gasteiger charge is 2.19. The number of thioether (sulfide) groups is 1. The Bertz CT molecular complexity index is 1150. The maximum atomic E-state index is 14.4. The number of H-pyrrole nitrogens is 2. The van der Waals surface area contributed by atoms with Gasteiger partial charge in [-0.15, -0.1) is 11.8 Å². The first-order valence-corrected chi connectivity index (χ1v) is 9.64. The molecule has 1 aliphatic rings. The van der Waals surface area contributed by atoms with Crippen molar-refractivity contribution in [2.24, 2.45) is 0 Å². The van der Waals surface area contributed by atoms with E-state index in [-0.39, 0.29) is 28.9 Å². The van der Waals surface area contributed by atoms with E-state index in [4.69, 9.17) is 11.6 Å². The Balaban J connectivity index is 1.83. The van der Waals surface area contributed by atoms with Crippen molar-refractivity contribution in [3.05, 3.63) is 51.4 Å². The summed E-state index contributed by atoms with van der Waals surface area (Å²) in [7, 11) is 0. The van der Waals surface area contributed by atoms with E-state index in [2.05, 4.69) is 30.5 Å². The fourth-order valence-corrected chi connectivity index (χ4v) is 3.58. The number of aromatic amines is 2. The molecule has 3 aromatic heterocycles. The molecule has 138 valence electrons. The molecular weight excluding hydrogens is 391 g/mol. The Morgan fingerprint density at radius 2 is 2.19 bits per heavy atom. The first-order chi connectivity index (χ1) is 13.1. The number of hydrogen-bond donors (Lipinski definition) is 3. The summed E-state index contributed by atoms with van der Waals surface area (Å²) < 4.78 is 14.4. The van der Waals surface area contributed by atoms with Gasteiger partial charge in [-0.2, -0.15) is 5.10 Å². The predicted molar refractivity (Wildman–Crippen MR) is 105 cm³/mol. The average Bonchev–Trinajstić information content (AvgIpc) is 3.15. The van der Waals surface area contributed by atoms with Crippen molar-refractivity contribution in [2.75, 3.05) is 11.6 Å². The number of fused-ring (bicyclic) bond motifs is 1. The second-order valence-electron chi connectivity index (χ2n) is 5.85. The summed E-state index contributed by atoms with van der Waals surface area (Å²) in [6.45, 7) is 0. The number of pyridine rings is 1. The van der Waals surface area contributed by atoms with Gasteiger partial charge in [0.25, 0.3) is 5.56 Å². The number of hydrogen-bond acceptors (Lipinski definition) is 6. The zero-order chi connectivity index (χ0) is 19.0. The summed E-state index contributed by atoms with van der Waals surface area (Å²) in [6, 6.07) is 1.61. The number of allylic oxidation sites excluding steroid dienone is 4. The standard InChI is InChI=1S/C17H14ClFN6OS/c1-27-17-13(23-14-11-6-22-25-15(11)21-7-20-14)5-10(16(26)24-17)9-4-8(18)2-3-12(9)19/h4-7H,2-3H2,1H3,(H,24,26)(H2,20,21,22,23,25). The van der Waals surface area contributed by atoms with Crippen molar-refractivity contribution in [2.45, 2.75) is 17.9 Å². The minimum atomic E-state index is -0.381. The Morgan fingerprint density at radius 1 is 1.33 bits per heavy atom. The van der Waals surface area contributed by atoms with Crippen molar-refractivity contribution < 1.29 is 4.39 Å². The van der Waals surface area contributed by atoms with E-state index >= 15 is 0 Å². The van der Waals surface area contributed by atoms with Crippen LogP contribution in [-0.2, 0) is 0 Å². The fraction of sp³-hybridized carbons (Fsp3) is 0.176. The number of rotatable bonds is 4. The number of nitrogens with zero attached hydrogens (tertiary/aromatic N) is 3. The minimum Gasteiger partial charge on any atom is -0.337 e. The van der Waals surface area contributed by atoms with E-state index in [0.717, 1.165) is 0 Å². The molecule has 0 atom stereocenters. The van der Waals surface area contributed by atoms with Gasteiger partial charge in [-0.25, -0.2) is 14.4 Å². The molecule has 0 saturated carbocycles. The summed E-state index contributed by atoms with van der Waals surface area (Å²) in [5.74, 6) is 0.167. The molecule has 0 aliphatic heterocycles. The van der Waals surface area contributed by atoms with E-state index in [9.17, 15) is 9.18 Å². The van der Waals surface area contributed by atoms with Gasteiger partial charge in [0, 0.05) is 17.0 Å². The minimum absolute atomic E-state index is 0.179. The van der Waals surface area contributed by atoms with Crippen molar-refractivity contribution in [1.29, 1.82) is 0 Å². The predicted octanol–water partition coefficient (Wildman–Crippen LogP) is 4.10. The molecule has 3 heterocycles. The lowest BCUT2D eigenvalue weighted by Gasteiger charge is -2.15. The zero-order valence-electron chi connectivity index (χ0n) is 14.1. The van der Waals surface area contributed by atoms with Crippen LogP contribution in [0, 0.1) is 0 Å². The van der Waals surface area contributed by atoms with Crippen LogP contribution in [0.15, 0.2) is 45.3 Å². The van der Waals surface area contributed by atoms with E-state index in [1.165, 1.54) is 24.2 Å². The van der Waals surface area contributed by atoms with Gasteiger partial charge in [0.15, 0.2) is 5.65 Å². The highest BCUT2D eigenvalue weighted by molar-refractivity contribution is 7.98. The lowest BCUT2D eigenvalue weighted by molar-refractivity contribution is 0.590. The van der Waals surface area contributed by atoms with Gasteiger partial charge in [0.1, 0.15) is 18.0 Å². The van der Waals surface area contributed by atoms with E-state index in [1.807, 2.05) is 6.26 Å². The topological polar surface area (TPSA) is 99.4 Å². The van der Waals surface area contributed by atoms with Crippen LogP contribution >= 0.6 is 23.4 Å². The van der Waals surface area contributed by atoms with Crippen LogP contribution < -0.4 is 10.9 Å². The average molecular weight is 405 g/mol. The van der Waals surface area contributed by atoms with E-state index < -0.39 is 0 Å². The molecule has 3 N–H and O–H groups in total. The second kappa shape index (κ2) is 7.16. The van der Waals surface area contributed by atoms with Gasteiger partial charge in [-0.3, -0.25) is 9.89 Å². The summed E-state index contributed by atoms with van der Waals surface area (Å²) in [5, 5.41) is 11.7. The van der Waals surface area contributed by atoms with Crippen LogP contribution in [0.25, 0.3) is 16.6 Å². The summed E-state index contributed by atoms with van der Waals surface area (Å²) in [5.41, 5.74) is 1.21. The van der Waals surface area contributed by atoms with Gasteiger partial charge in [0.05, 0.1) is 27.9 Å². The summed E-state index contributed by atoms with van der Waals surface area (Å²) in [4.78, 5) is 23.6. The molecular formula is C17H14ClFN6OS. The molecule has 0 aromatic carbocycles. The number of halogens is 2. The highest BCUT2D eigenvalue weighted by atomic mass is 35.5. The highest BCUT2D eigenvalue weighted by Crippen LogP contribution is 2.34. The number of nitrogens with one attached hydrogen (secondary N) is 3. The zero-order valence-corrected chi connectivity index (χ0v) is 15.7. The maximum Gasteiger partial charge on any atom is 0.256 e. The smallest absolute Gasteiger partial charge is 0.256 e. The van der Waals surface area contributed by atoms with Crippen LogP contribution in [-0.4, -0.2) is 31.4 Å². The van der Waals surface area contributed by atoms with Crippen LogP contribution in [0.1, 0.15) is 18.4 Å². The molecule has 4 rings (SSSR count). The van der Waals surface area contributed by atoms with Crippen LogP contribution in [0.5, 0.6) is 0 Å². The normalized spacial score (nSPS) is 14.6. The van der Waals surface area contributed by atoms with Crippen LogP contribution in [0.4, 0.5) is 15.9 Å². The molecule has 1 aliphatic carbocycles. The molecule has 10 heteroatoms. The van der Waals surface area contributed by atoms with Crippen molar-refractivity contribution >= 4 is 51.5 Å². The van der Waals surface area contributed by atoms with Gasteiger partial charge in [-0.1, -0.05) is 11.6 Å². The second-order valence-corrected chi connectivity index (χ2v) is 7.15. The molecule has 3 aromatic rings. The molecule has 0 radical (unpaired) electrons. The number of aromatic nitrogens is 5. The Kier molecular flexibility index (Phi) is 4.71. The molecule has 7 nitrogen and oxygen atoms in total. The van der Waals surface area contributed by atoms with Crippen LogP contribution in [0.2, 0.25) is 0 Å². The summed E-state index contributed by atoms with van der Waals surface area (Å²) in [6.07, 6.45) is 6.96. The third kappa shape index (κ3) is 3.35. The van der Waals surface area contributed by atoms with Crippen LogP contribution in [0.3, 0.4) is 0 Å². The van der Waals surface area contributed by atoms with Crippen molar-refractivity contribution in [3.8, 4) is 0 Å². The molecule has 27 heavy (non-hydrogen) atoms. The van der Waals surface area contributed by atoms with Gasteiger partial charge in [0.2, 0.25) is 0 Å². The maximum absolute atomic E-state index is 14.4. The molecule has 0 amide bonds.